The van der Waals surface area contributed by atoms with Crippen LogP contribution in [-0.2, 0) is 17.9 Å². The van der Waals surface area contributed by atoms with Gasteiger partial charge in [-0.3, -0.25) is 14.2 Å². The molecule has 2 atom stereocenters. The lowest BCUT2D eigenvalue weighted by atomic mass is 9.65. The Bertz CT molecular complexity index is 1360. The number of halogens is 3. The fourth-order valence-corrected chi connectivity index (χ4v) is 6.30. The van der Waals surface area contributed by atoms with E-state index in [4.69, 9.17) is 0 Å². The van der Waals surface area contributed by atoms with Crippen LogP contribution in [0.2, 0.25) is 0 Å². The second-order valence-electron chi connectivity index (χ2n) is 11.0. The minimum absolute atomic E-state index is 0.00122. The summed E-state index contributed by atoms with van der Waals surface area (Å²) in [5, 5.41) is 16.7. The number of benzene rings is 1. The number of carbonyl (C=O) groups is 1. The zero-order valence-corrected chi connectivity index (χ0v) is 21.3. The number of aromatic nitrogens is 4. The quantitative estimate of drug-likeness (QED) is 0.523. The van der Waals surface area contributed by atoms with Crippen molar-refractivity contribution in [1.82, 2.24) is 24.2 Å². The molecular formula is C27H32F3N5O3. The van der Waals surface area contributed by atoms with Crippen molar-refractivity contribution in [3.63, 3.8) is 0 Å². The van der Waals surface area contributed by atoms with Crippen LogP contribution in [0.25, 0.3) is 11.0 Å². The van der Waals surface area contributed by atoms with E-state index in [9.17, 15) is 27.9 Å². The lowest BCUT2D eigenvalue weighted by molar-refractivity contribution is -0.172. The molecule has 0 radical (unpaired) electrons. The third-order valence-corrected chi connectivity index (χ3v) is 8.34. The van der Waals surface area contributed by atoms with Gasteiger partial charge >= 0.3 is 6.18 Å². The van der Waals surface area contributed by atoms with E-state index in [0.717, 1.165) is 18.4 Å². The Hall–Kier alpha value is -3.21. The summed E-state index contributed by atoms with van der Waals surface area (Å²) < 4.78 is 41.8. The summed E-state index contributed by atoms with van der Waals surface area (Å²) in [6.45, 7) is 2.09. The maximum atomic E-state index is 13.4. The van der Waals surface area contributed by atoms with Crippen LogP contribution in [0.3, 0.4) is 0 Å². The van der Waals surface area contributed by atoms with Crippen molar-refractivity contribution in [3.8, 4) is 0 Å². The summed E-state index contributed by atoms with van der Waals surface area (Å²) in [5.74, 6) is -1.72. The number of rotatable bonds is 6. The molecule has 1 unspecified atom stereocenters. The number of likely N-dealkylation sites (tertiary alicyclic amines) is 1. The molecule has 0 bridgehead atoms. The number of fused-ring (bicyclic) bond motifs is 1. The first-order valence-electron chi connectivity index (χ1n) is 13.0. The molecule has 1 spiro atoms. The number of amides is 1. The van der Waals surface area contributed by atoms with Gasteiger partial charge in [0.15, 0.2) is 5.65 Å². The van der Waals surface area contributed by atoms with Gasteiger partial charge in [0.05, 0.1) is 31.3 Å². The van der Waals surface area contributed by atoms with Gasteiger partial charge in [-0.25, -0.2) is 9.67 Å². The Morgan fingerprint density at radius 2 is 1.87 bits per heavy atom. The van der Waals surface area contributed by atoms with E-state index in [0.29, 0.717) is 30.4 Å². The minimum atomic E-state index is -4.42. The zero-order valence-electron chi connectivity index (χ0n) is 21.3. The molecule has 3 heterocycles. The van der Waals surface area contributed by atoms with Crippen molar-refractivity contribution in [3.05, 3.63) is 58.8 Å². The predicted molar refractivity (Wildman–Crippen MR) is 134 cm³/mol. The molecular weight excluding hydrogens is 499 g/mol. The van der Waals surface area contributed by atoms with E-state index in [2.05, 4.69) is 10.1 Å². The van der Waals surface area contributed by atoms with Crippen LogP contribution in [0.15, 0.2) is 47.7 Å². The van der Waals surface area contributed by atoms with E-state index < -0.39 is 35.4 Å². The highest BCUT2D eigenvalue weighted by atomic mass is 19.4. The lowest BCUT2D eigenvalue weighted by Gasteiger charge is -2.52. The molecule has 38 heavy (non-hydrogen) atoms. The highest BCUT2D eigenvalue weighted by Crippen LogP contribution is 2.51. The largest absolute Gasteiger partial charge is 0.389 e. The summed E-state index contributed by atoms with van der Waals surface area (Å²) in [5.41, 5.74) is -0.825. The maximum Gasteiger partial charge on any atom is 0.389 e. The van der Waals surface area contributed by atoms with E-state index in [1.807, 2.05) is 30.3 Å². The molecule has 204 valence electrons. The summed E-state index contributed by atoms with van der Waals surface area (Å²) in [7, 11) is 0. The molecule has 2 aromatic heterocycles. The smallest absolute Gasteiger partial charge is 0.387 e. The number of alkyl halides is 3. The highest BCUT2D eigenvalue weighted by molar-refractivity contribution is 5.78. The number of carbonyl (C=O) groups excluding carboxylic acids is 1. The molecule has 1 aliphatic heterocycles. The first-order chi connectivity index (χ1) is 18.0. The number of piperidine rings is 1. The van der Waals surface area contributed by atoms with Crippen LogP contribution in [0.4, 0.5) is 13.2 Å². The molecule has 3 aromatic rings. The maximum absolute atomic E-state index is 13.4. The van der Waals surface area contributed by atoms with Gasteiger partial charge in [-0.2, -0.15) is 18.3 Å². The van der Waals surface area contributed by atoms with Crippen molar-refractivity contribution in [2.75, 3.05) is 13.1 Å². The molecule has 8 nitrogen and oxygen atoms in total. The van der Waals surface area contributed by atoms with Crippen molar-refractivity contribution in [1.29, 1.82) is 0 Å². The Labute approximate surface area is 218 Å². The average molecular weight is 532 g/mol. The SMILES string of the molecule is C[C@H](CC(F)(F)F)C(=O)N1CCC(O)(Cn2cnc3c(cnn3Cc3ccccc3)c2=O)C2(CCCC2)C1. The van der Waals surface area contributed by atoms with Gasteiger partial charge < -0.3 is 10.0 Å². The van der Waals surface area contributed by atoms with Crippen molar-refractivity contribution < 1.29 is 23.1 Å². The van der Waals surface area contributed by atoms with E-state index in [1.165, 1.54) is 28.9 Å². The number of aliphatic hydroxyl groups is 1. The van der Waals surface area contributed by atoms with Gasteiger partial charge in [0.2, 0.25) is 5.91 Å². The number of hydrogen-bond donors (Lipinski definition) is 1. The predicted octanol–water partition coefficient (Wildman–Crippen LogP) is 3.75. The molecule has 2 fully saturated rings. The van der Waals surface area contributed by atoms with Gasteiger partial charge in [0.1, 0.15) is 11.7 Å². The topological polar surface area (TPSA) is 93.2 Å². The normalized spacial score (nSPS) is 22.3. The van der Waals surface area contributed by atoms with Crippen molar-refractivity contribution in [2.24, 2.45) is 11.3 Å². The minimum Gasteiger partial charge on any atom is -0.387 e. The molecule has 1 saturated heterocycles. The van der Waals surface area contributed by atoms with Gasteiger partial charge in [0.25, 0.3) is 5.56 Å². The third kappa shape index (κ3) is 4.95. The molecule has 1 saturated carbocycles. The summed E-state index contributed by atoms with van der Waals surface area (Å²) in [6, 6.07) is 9.71. The molecule has 1 amide bonds. The summed E-state index contributed by atoms with van der Waals surface area (Å²) >= 11 is 0. The van der Waals surface area contributed by atoms with Crippen LogP contribution < -0.4 is 5.56 Å². The molecule has 1 aromatic carbocycles. The fourth-order valence-electron chi connectivity index (χ4n) is 6.30. The van der Waals surface area contributed by atoms with Gasteiger partial charge in [0, 0.05) is 24.4 Å². The highest BCUT2D eigenvalue weighted by Gasteiger charge is 2.56. The standard InChI is InChI=1S/C27H32F3N5O3/c1-19(13-27(28,29)30)23(36)33-12-11-26(38,25(16-33)9-5-6-10-25)17-34-18-31-22-21(24(34)37)14-32-35(22)15-20-7-3-2-4-8-20/h2-4,7-8,14,18-19,38H,5-6,9-13,15-17H2,1H3/t19-,26?/m1/s1. The van der Waals surface area contributed by atoms with Crippen LogP contribution in [0.5, 0.6) is 0 Å². The Kier molecular flexibility index (Phi) is 6.83. The lowest BCUT2D eigenvalue weighted by Crippen LogP contribution is -2.62. The van der Waals surface area contributed by atoms with Crippen LogP contribution in [0, 0.1) is 11.3 Å². The second kappa shape index (κ2) is 9.83. The number of hydrogen-bond acceptors (Lipinski definition) is 5. The van der Waals surface area contributed by atoms with Gasteiger partial charge in [-0.1, -0.05) is 50.1 Å². The Morgan fingerprint density at radius 3 is 2.55 bits per heavy atom. The zero-order chi connectivity index (χ0) is 27.1. The fraction of sp³-hybridized carbons (Fsp3) is 0.556. The second-order valence-corrected chi connectivity index (χ2v) is 11.0. The summed E-state index contributed by atoms with van der Waals surface area (Å²) in [4.78, 5) is 32.3. The monoisotopic (exact) mass is 531 g/mol. The molecule has 2 aliphatic rings. The van der Waals surface area contributed by atoms with E-state index in [1.54, 1.807) is 4.68 Å². The van der Waals surface area contributed by atoms with Crippen LogP contribution in [-0.4, -0.2) is 60.1 Å². The van der Waals surface area contributed by atoms with Crippen molar-refractivity contribution >= 4 is 16.9 Å². The molecule has 1 N–H and O–H groups in total. The third-order valence-electron chi connectivity index (χ3n) is 8.34. The molecule has 1 aliphatic carbocycles. The van der Waals surface area contributed by atoms with Gasteiger partial charge in [-0.15, -0.1) is 0 Å². The summed E-state index contributed by atoms with van der Waals surface area (Å²) in [6.07, 6.45) is 0.481. The number of nitrogens with zero attached hydrogens (tertiary/aromatic N) is 5. The van der Waals surface area contributed by atoms with Crippen LogP contribution >= 0.6 is 0 Å². The van der Waals surface area contributed by atoms with Crippen LogP contribution in [0.1, 0.15) is 51.0 Å². The average Bonchev–Trinajstić information content (AvgIpc) is 3.51. The first-order valence-corrected chi connectivity index (χ1v) is 13.0. The Balaban J connectivity index is 1.38. The first kappa shape index (κ1) is 26.4. The van der Waals surface area contributed by atoms with Gasteiger partial charge in [-0.05, 0) is 24.8 Å². The molecule has 11 heteroatoms. The van der Waals surface area contributed by atoms with Crippen molar-refractivity contribution in [2.45, 2.75) is 70.3 Å². The molecule has 5 rings (SSSR count). The van der Waals surface area contributed by atoms with E-state index in [-0.39, 0.29) is 31.6 Å². The Morgan fingerprint density at radius 1 is 1.16 bits per heavy atom. The van der Waals surface area contributed by atoms with E-state index >= 15 is 0 Å².